The van der Waals surface area contributed by atoms with E-state index in [4.69, 9.17) is 0 Å². The number of nitrogens with one attached hydrogen (secondary N) is 1. The zero-order chi connectivity index (χ0) is 14.8. The lowest BCUT2D eigenvalue weighted by Crippen LogP contribution is -2.18. The van der Waals surface area contributed by atoms with E-state index in [0.717, 1.165) is 4.47 Å². The highest BCUT2D eigenvalue weighted by Gasteiger charge is 2.15. The van der Waals surface area contributed by atoms with Crippen molar-refractivity contribution in [1.29, 1.82) is 0 Å². The summed E-state index contributed by atoms with van der Waals surface area (Å²) in [5.41, 5.74) is 3.86. The normalized spacial score (nSPS) is 12.5. The second kappa shape index (κ2) is 6.00. The number of halogens is 1. The molecule has 0 amide bonds. The molecule has 3 rings (SSSR count). The Bertz CT molecular complexity index is 754. The Kier molecular flexibility index (Phi) is 4.09. The maximum atomic E-state index is 3.60. The molecule has 106 valence electrons. The van der Waals surface area contributed by atoms with Crippen LogP contribution in [0.4, 0.5) is 0 Å². The van der Waals surface area contributed by atoms with Crippen LogP contribution in [0.5, 0.6) is 0 Å². The lowest BCUT2D eigenvalue weighted by Gasteiger charge is -2.20. The molecule has 0 saturated heterocycles. The van der Waals surface area contributed by atoms with Crippen molar-refractivity contribution < 1.29 is 0 Å². The van der Waals surface area contributed by atoms with Crippen LogP contribution in [-0.4, -0.2) is 7.05 Å². The monoisotopic (exact) mass is 339 g/mol. The minimum absolute atomic E-state index is 0.187. The van der Waals surface area contributed by atoms with Crippen molar-refractivity contribution in [3.05, 3.63) is 81.8 Å². The van der Waals surface area contributed by atoms with Crippen molar-refractivity contribution in [2.24, 2.45) is 0 Å². The molecule has 1 nitrogen and oxygen atoms in total. The van der Waals surface area contributed by atoms with Crippen molar-refractivity contribution in [3.63, 3.8) is 0 Å². The van der Waals surface area contributed by atoms with E-state index in [1.165, 1.54) is 27.5 Å². The predicted molar refractivity (Wildman–Crippen MR) is 93.7 cm³/mol. The number of benzene rings is 3. The molecule has 1 N–H and O–H groups in total. The van der Waals surface area contributed by atoms with Gasteiger partial charge in [-0.25, -0.2) is 0 Å². The maximum Gasteiger partial charge on any atom is 0.0580 e. The van der Waals surface area contributed by atoms with E-state index in [2.05, 4.69) is 88.8 Å². The molecule has 3 aromatic carbocycles. The standard InChI is InChI=1S/C19H18BrN/c1-13-10-15(12-16(20)11-13)19(21-2)18-9-5-7-14-6-3-4-8-17(14)18/h3-12,19,21H,1-2H3. The van der Waals surface area contributed by atoms with E-state index >= 15 is 0 Å². The Morgan fingerprint density at radius 3 is 2.48 bits per heavy atom. The molecule has 0 aliphatic rings. The van der Waals surface area contributed by atoms with Gasteiger partial charge in [0, 0.05) is 4.47 Å². The summed E-state index contributed by atoms with van der Waals surface area (Å²) in [6.07, 6.45) is 0. The van der Waals surface area contributed by atoms with E-state index in [1.54, 1.807) is 0 Å². The molecule has 3 aromatic rings. The topological polar surface area (TPSA) is 12.0 Å². The fourth-order valence-electron chi connectivity index (χ4n) is 2.94. The molecule has 1 unspecified atom stereocenters. The second-order valence-electron chi connectivity index (χ2n) is 5.35. The van der Waals surface area contributed by atoms with Crippen LogP contribution in [-0.2, 0) is 0 Å². The largest absolute Gasteiger partial charge is 0.309 e. The van der Waals surface area contributed by atoms with Gasteiger partial charge in [-0.3, -0.25) is 0 Å². The van der Waals surface area contributed by atoms with Crippen LogP contribution >= 0.6 is 15.9 Å². The van der Waals surface area contributed by atoms with Crippen molar-refractivity contribution in [3.8, 4) is 0 Å². The van der Waals surface area contributed by atoms with E-state index < -0.39 is 0 Å². The first kappa shape index (κ1) is 14.3. The number of hydrogen-bond donors (Lipinski definition) is 1. The molecule has 2 heteroatoms. The Hall–Kier alpha value is -1.64. The van der Waals surface area contributed by atoms with Crippen LogP contribution in [0, 0.1) is 6.92 Å². The molecule has 0 heterocycles. The summed E-state index contributed by atoms with van der Waals surface area (Å²) in [6.45, 7) is 2.13. The highest BCUT2D eigenvalue weighted by molar-refractivity contribution is 9.10. The van der Waals surface area contributed by atoms with E-state index in [9.17, 15) is 0 Å². The van der Waals surface area contributed by atoms with Crippen LogP contribution in [0.25, 0.3) is 10.8 Å². The van der Waals surface area contributed by atoms with Crippen molar-refractivity contribution in [2.75, 3.05) is 7.05 Å². The Labute approximate surface area is 134 Å². The van der Waals surface area contributed by atoms with Gasteiger partial charge in [0.25, 0.3) is 0 Å². The summed E-state index contributed by atoms with van der Waals surface area (Å²) >= 11 is 3.60. The number of hydrogen-bond acceptors (Lipinski definition) is 1. The molecule has 0 saturated carbocycles. The van der Waals surface area contributed by atoms with Crippen molar-refractivity contribution >= 4 is 26.7 Å². The highest BCUT2D eigenvalue weighted by atomic mass is 79.9. The smallest absolute Gasteiger partial charge is 0.0580 e. The summed E-state index contributed by atoms with van der Waals surface area (Å²) in [5, 5.41) is 6.04. The summed E-state index contributed by atoms with van der Waals surface area (Å²) < 4.78 is 1.12. The van der Waals surface area contributed by atoms with Crippen LogP contribution < -0.4 is 5.32 Å². The van der Waals surface area contributed by atoms with Gasteiger partial charge in [0.1, 0.15) is 0 Å². The van der Waals surface area contributed by atoms with Gasteiger partial charge in [0.2, 0.25) is 0 Å². The van der Waals surface area contributed by atoms with Crippen molar-refractivity contribution in [2.45, 2.75) is 13.0 Å². The molecule has 0 radical (unpaired) electrons. The quantitative estimate of drug-likeness (QED) is 0.689. The molecule has 0 bridgehead atoms. The van der Waals surface area contributed by atoms with E-state index in [-0.39, 0.29) is 6.04 Å². The van der Waals surface area contributed by atoms with E-state index in [1.807, 2.05) is 7.05 Å². The summed E-state index contributed by atoms with van der Waals surface area (Å²) in [7, 11) is 2.02. The minimum atomic E-state index is 0.187. The lowest BCUT2D eigenvalue weighted by molar-refractivity contribution is 0.696. The Morgan fingerprint density at radius 1 is 0.952 bits per heavy atom. The first-order valence-electron chi connectivity index (χ1n) is 7.11. The first-order valence-corrected chi connectivity index (χ1v) is 7.90. The van der Waals surface area contributed by atoms with Crippen molar-refractivity contribution in [1.82, 2.24) is 5.32 Å². The highest BCUT2D eigenvalue weighted by Crippen LogP contribution is 2.30. The third-order valence-corrected chi connectivity index (χ3v) is 4.28. The molecule has 0 aliphatic carbocycles. The van der Waals surface area contributed by atoms with Gasteiger partial charge in [-0.15, -0.1) is 0 Å². The number of rotatable bonds is 3. The second-order valence-corrected chi connectivity index (χ2v) is 6.27. The lowest BCUT2D eigenvalue weighted by atomic mass is 9.93. The Balaban J connectivity index is 2.18. The first-order chi connectivity index (χ1) is 10.2. The van der Waals surface area contributed by atoms with E-state index in [0.29, 0.717) is 0 Å². The summed E-state index contributed by atoms with van der Waals surface area (Å²) in [5.74, 6) is 0. The predicted octanol–water partition coefficient (Wildman–Crippen LogP) is 5.22. The fraction of sp³-hybridized carbons (Fsp3) is 0.158. The molecule has 0 fully saturated rings. The fourth-order valence-corrected chi connectivity index (χ4v) is 3.56. The van der Waals surface area contributed by atoms with Gasteiger partial charge in [-0.1, -0.05) is 64.5 Å². The zero-order valence-electron chi connectivity index (χ0n) is 12.2. The molecule has 0 aliphatic heterocycles. The molecule has 21 heavy (non-hydrogen) atoms. The van der Waals surface area contributed by atoms with Gasteiger partial charge in [0.15, 0.2) is 0 Å². The molecule has 0 spiro atoms. The average Bonchev–Trinajstić information content (AvgIpc) is 2.47. The maximum absolute atomic E-state index is 3.60. The third-order valence-electron chi connectivity index (χ3n) is 3.82. The number of fused-ring (bicyclic) bond motifs is 1. The molecule has 0 aromatic heterocycles. The van der Waals surface area contributed by atoms with Crippen LogP contribution in [0.1, 0.15) is 22.7 Å². The average molecular weight is 340 g/mol. The van der Waals surface area contributed by atoms with Gasteiger partial charge in [-0.2, -0.15) is 0 Å². The van der Waals surface area contributed by atoms with Crippen LogP contribution in [0.3, 0.4) is 0 Å². The van der Waals surface area contributed by atoms with Gasteiger partial charge >= 0.3 is 0 Å². The molecular weight excluding hydrogens is 322 g/mol. The van der Waals surface area contributed by atoms with Gasteiger partial charge < -0.3 is 5.32 Å². The van der Waals surface area contributed by atoms with Gasteiger partial charge in [-0.05, 0) is 53.6 Å². The number of aryl methyl sites for hydroxylation is 1. The summed E-state index contributed by atoms with van der Waals surface area (Å²) in [6, 6.07) is 21.8. The van der Waals surface area contributed by atoms with Gasteiger partial charge in [0.05, 0.1) is 6.04 Å². The Morgan fingerprint density at radius 2 is 1.71 bits per heavy atom. The SMILES string of the molecule is CNC(c1cc(C)cc(Br)c1)c1cccc2ccccc12. The van der Waals surface area contributed by atoms with Crippen LogP contribution in [0.2, 0.25) is 0 Å². The zero-order valence-corrected chi connectivity index (χ0v) is 13.8. The third kappa shape index (κ3) is 2.87. The summed E-state index contributed by atoms with van der Waals surface area (Å²) in [4.78, 5) is 0. The molecule has 1 atom stereocenters. The molecular formula is C19H18BrN. The minimum Gasteiger partial charge on any atom is -0.309 e. The van der Waals surface area contributed by atoms with Crippen LogP contribution in [0.15, 0.2) is 65.1 Å².